The molecule has 1 unspecified atom stereocenters. The van der Waals surface area contributed by atoms with Crippen molar-refractivity contribution in [1.29, 1.82) is 0 Å². The number of hydrogen-bond donors (Lipinski definition) is 0. The molecule has 1 aliphatic rings. The lowest BCUT2D eigenvalue weighted by Gasteiger charge is -2.29. The van der Waals surface area contributed by atoms with Gasteiger partial charge in [-0.2, -0.15) is 4.31 Å². The lowest BCUT2D eigenvalue weighted by Crippen LogP contribution is -2.40. The van der Waals surface area contributed by atoms with Gasteiger partial charge in [-0.1, -0.05) is 19.1 Å². The lowest BCUT2D eigenvalue weighted by atomic mass is 10.0. The van der Waals surface area contributed by atoms with E-state index in [4.69, 9.17) is 9.15 Å². The molecule has 0 aliphatic carbocycles. The van der Waals surface area contributed by atoms with E-state index in [0.29, 0.717) is 30.8 Å². The molecule has 24 heavy (non-hydrogen) atoms. The maximum absolute atomic E-state index is 12.8. The number of ether oxygens (including phenoxy) is 1. The van der Waals surface area contributed by atoms with E-state index in [1.165, 1.54) is 10.4 Å². The number of benzene rings is 1. The quantitative estimate of drug-likeness (QED) is 0.792. The minimum Gasteiger partial charge on any atom is -0.490 e. The zero-order chi connectivity index (χ0) is 17.3. The number of hydrogen-bond acceptors (Lipinski definition) is 5. The molecule has 1 atom stereocenters. The molecule has 6 nitrogen and oxygen atoms in total. The first-order valence-corrected chi connectivity index (χ1v) is 9.57. The van der Waals surface area contributed by atoms with Crippen LogP contribution in [-0.4, -0.2) is 32.4 Å². The van der Waals surface area contributed by atoms with Crippen LogP contribution >= 0.6 is 0 Å². The highest BCUT2D eigenvalue weighted by atomic mass is 32.2. The summed E-state index contributed by atoms with van der Waals surface area (Å²) >= 11 is 0. The Bertz CT molecular complexity index is 903. The first-order chi connectivity index (χ1) is 11.4. The molecule has 0 radical (unpaired) electrons. The number of nitrogens with zero attached hydrogens (tertiary/aromatic N) is 1. The van der Waals surface area contributed by atoms with Crippen LogP contribution in [0.5, 0.6) is 5.75 Å². The number of fused-ring (bicyclic) bond motifs is 1. The minimum atomic E-state index is -3.86. The second kappa shape index (κ2) is 6.57. The summed E-state index contributed by atoms with van der Waals surface area (Å²) in [6.45, 7) is 5.13. The highest BCUT2D eigenvalue weighted by molar-refractivity contribution is 7.89. The molecule has 0 spiro atoms. The molecular formula is C17H21NO5S. The van der Waals surface area contributed by atoms with Gasteiger partial charge in [0.25, 0.3) is 0 Å². The van der Waals surface area contributed by atoms with Crippen molar-refractivity contribution in [2.45, 2.75) is 31.6 Å². The third-order valence-corrected chi connectivity index (χ3v) is 6.08. The van der Waals surface area contributed by atoms with Crippen molar-refractivity contribution in [1.82, 2.24) is 4.31 Å². The molecule has 0 amide bonds. The smallest absolute Gasteiger partial charge is 0.356 e. The van der Waals surface area contributed by atoms with Crippen LogP contribution in [0.15, 0.2) is 38.4 Å². The van der Waals surface area contributed by atoms with Crippen LogP contribution in [0.1, 0.15) is 26.7 Å². The van der Waals surface area contributed by atoms with E-state index in [-0.39, 0.29) is 16.4 Å². The summed E-state index contributed by atoms with van der Waals surface area (Å²) in [7, 11) is -3.86. The second-order valence-electron chi connectivity index (χ2n) is 6.12. The fourth-order valence-electron chi connectivity index (χ4n) is 3.05. The molecule has 130 valence electrons. The van der Waals surface area contributed by atoms with Gasteiger partial charge < -0.3 is 9.15 Å². The highest BCUT2D eigenvalue weighted by Gasteiger charge is 2.31. The number of piperidine rings is 1. The van der Waals surface area contributed by atoms with Crippen molar-refractivity contribution in [3.05, 3.63) is 34.7 Å². The first kappa shape index (κ1) is 17.0. The minimum absolute atomic E-state index is 0.273. The van der Waals surface area contributed by atoms with Crippen LogP contribution in [0.4, 0.5) is 0 Å². The molecule has 1 fully saturated rings. The highest BCUT2D eigenvalue weighted by Crippen LogP contribution is 2.28. The van der Waals surface area contributed by atoms with Crippen LogP contribution in [0, 0.1) is 5.92 Å². The molecule has 1 aromatic heterocycles. The molecule has 1 saturated heterocycles. The Morgan fingerprint density at radius 3 is 2.88 bits per heavy atom. The first-order valence-electron chi connectivity index (χ1n) is 8.13. The van der Waals surface area contributed by atoms with Gasteiger partial charge in [0.15, 0.2) is 16.2 Å². The molecule has 7 heteroatoms. The molecule has 0 saturated carbocycles. The average molecular weight is 351 g/mol. The van der Waals surface area contributed by atoms with Gasteiger partial charge in [0.05, 0.1) is 6.61 Å². The van der Waals surface area contributed by atoms with Gasteiger partial charge in [0.1, 0.15) is 0 Å². The van der Waals surface area contributed by atoms with Gasteiger partial charge in [0, 0.05) is 18.5 Å². The molecule has 3 rings (SSSR count). The molecular weight excluding hydrogens is 330 g/mol. The third-order valence-electron chi connectivity index (χ3n) is 4.23. The van der Waals surface area contributed by atoms with Crippen LogP contribution in [0.25, 0.3) is 11.0 Å². The SMILES string of the molecule is CCOc1cccc2cc(S(=O)(=O)N3CCCC(C)C3)c(=O)oc12. The van der Waals surface area contributed by atoms with Crippen molar-refractivity contribution in [2.75, 3.05) is 19.7 Å². The summed E-state index contributed by atoms with van der Waals surface area (Å²) in [6, 6.07) is 6.53. The second-order valence-corrected chi connectivity index (χ2v) is 8.02. The molecule has 0 bridgehead atoms. The Kier molecular flexibility index (Phi) is 4.64. The van der Waals surface area contributed by atoms with Gasteiger partial charge in [-0.25, -0.2) is 13.2 Å². The normalized spacial score (nSPS) is 19.5. The monoisotopic (exact) mass is 351 g/mol. The van der Waals surface area contributed by atoms with Crippen molar-refractivity contribution in [3.8, 4) is 5.75 Å². The number of rotatable bonds is 4. The summed E-state index contributed by atoms with van der Waals surface area (Å²) in [5, 5.41) is 0.532. The van der Waals surface area contributed by atoms with E-state index >= 15 is 0 Å². The van der Waals surface area contributed by atoms with E-state index in [1.807, 2.05) is 13.8 Å². The maximum atomic E-state index is 12.8. The van der Waals surface area contributed by atoms with Crippen molar-refractivity contribution >= 4 is 21.0 Å². The molecule has 1 aromatic carbocycles. The summed E-state index contributed by atoms with van der Waals surface area (Å²) in [5.41, 5.74) is -0.580. The standard InChI is InChI=1S/C17H21NO5S/c1-3-22-14-8-4-7-13-10-15(17(19)23-16(13)14)24(20,21)18-9-5-6-12(2)11-18/h4,7-8,10,12H,3,5-6,9,11H2,1-2H3. The van der Waals surface area contributed by atoms with Crippen LogP contribution in [-0.2, 0) is 10.0 Å². The fraction of sp³-hybridized carbons (Fsp3) is 0.471. The molecule has 2 aromatic rings. The van der Waals surface area contributed by atoms with Crippen molar-refractivity contribution < 1.29 is 17.6 Å². The topological polar surface area (TPSA) is 76.8 Å². The van der Waals surface area contributed by atoms with Gasteiger partial charge in [0.2, 0.25) is 10.0 Å². The average Bonchev–Trinajstić information content (AvgIpc) is 2.55. The van der Waals surface area contributed by atoms with Crippen LogP contribution in [0.2, 0.25) is 0 Å². The summed E-state index contributed by atoms with van der Waals surface area (Å²) in [5.74, 6) is 0.716. The van der Waals surface area contributed by atoms with Gasteiger partial charge in [-0.3, -0.25) is 0 Å². The van der Waals surface area contributed by atoms with E-state index in [0.717, 1.165) is 12.8 Å². The van der Waals surface area contributed by atoms with Gasteiger partial charge >= 0.3 is 5.63 Å². The van der Waals surface area contributed by atoms with Crippen LogP contribution in [0.3, 0.4) is 0 Å². The Hall–Kier alpha value is -1.86. The number of sulfonamides is 1. The van der Waals surface area contributed by atoms with Gasteiger partial charge in [-0.05, 0) is 37.8 Å². The Labute approximate surface area is 141 Å². The van der Waals surface area contributed by atoms with E-state index in [1.54, 1.807) is 18.2 Å². The predicted octanol–water partition coefficient (Wildman–Crippen LogP) is 2.61. The van der Waals surface area contributed by atoms with Crippen molar-refractivity contribution in [3.63, 3.8) is 0 Å². The largest absolute Gasteiger partial charge is 0.490 e. The Balaban J connectivity index is 2.10. The number of para-hydroxylation sites is 1. The molecule has 1 aliphatic heterocycles. The van der Waals surface area contributed by atoms with E-state index in [9.17, 15) is 13.2 Å². The van der Waals surface area contributed by atoms with Gasteiger partial charge in [-0.15, -0.1) is 0 Å². The van der Waals surface area contributed by atoms with E-state index < -0.39 is 15.6 Å². The zero-order valence-electron chi connectivity index (χ0n) is 13.8. The fourth-order valence-corrected chi connectivity index (χ4v) is 4.68. The third kappa shape index (κ3) is 3.06. The Morgan fingerprint density at radius 2 is 2.17 bits per heavy atom. The van der Waals surface area contributed by atoms with Crippen molar-refractivity contribution in [2.24, 2.45) is 5.92 Å². The summed E-state index contributed by atoms with van der Waals surface area (Å²) in [6.07, 6.45) is 1.80. The predicted molar refractivity (Wildman–Crippen MR) is 90.8 cm³/mol. The zero-order valence-corrected chi connectivity index (χ0v) is 14.6. The Morgan fingerprint density at radius 1 is 1.38 bits per heavy atom. The lowest BCUT2D eigenvalue weighted by molar-refractivity contribution is 0.280. The van der Waals surface area contributed by atoms with E-state index in [2.05, 4.69) is 0 Å². The molecule has 0 N–H and O–H groups in total. The summed E-state index contributed by atoms with van der Waals surface area (Å²) < 4.78 is 37.8. The maximum Gasteiger partial charge on any atom is 0.356 e. The molecule has 2 heterocycles. The summed E-state index contributed by atoms with van der Waals surface area (Å²) in [4.78, 5) is 12.0. The van der Waals surface area contributed by atoms with Crippen LogP contribution < -0.4 is 10.4 Å².